The SMILES string of the molecule is COC(=O)C1=C(O)c2c(c3cc(Cl)ccc3n2C)S(=O)(=O)N1C. The van der Waals surface area contributed by atoms with Crippen LogP contribution in [-0.2, 0) is 26.6 Å². The molecule has 2 aromatic rings. The summed E-state index contributed by atoms with van der Waals surface area (Å²) < 4.78 is 32.5. The predicted molar refractivity (Wildman–Crippen MR) is 84.4 cm³/mol. The van der Waals surface area contributed by atoms with Crippen LogP contribution >= 0.6 is 11.6 Å². The number of ether oxygens (including phenoxy) is 1. The fourth-order valence-corrected chi connectivity index (χ4v) is 4.52. The van der Waals surface area contributed by atoms with Crippen LogP contribution in [0, 0.1) is 0 Å². The molecule has 0 atom stereocenters. The van der Waals surface area contributed by atoms with E-state index in [9.17, 15) is 18.3 Å². The van der Waals surface area contributed by atoms with Gasteiger partial charge in [0.2, 0.25) is 0 Å². The fraction of sp³-hybridized carbons (Fsp3) is 0.214. The van der Waals surface area contributed by atoms with Crippen molar-refractivity contribution in [3.05, 3.63) is 34.6 Å². The molecule has 23 heavy (non-hydrogen) atoms. The maximum absolute atomic E-state index is 12.8. The molecule has 0 saturated heterocycles. The molecule has 9 heteroatoms. The molecule has 0 amide bonds. The Morgan fingerprint density at radius 1 is 1.30 bits per heavy atom. The number of methoxy groups -OCH3 is 1. The zero-order valence-corrected chi connectivity index (χ0v) is 14.1. The minimum atomic E-state index is -4.05. The Kier molecular flexibility index (Phi) is 3.35. The van der Waals surface area contributed by atoms with Gasteiger partial charge in [-0.3, -0.25) is 4.31 Å². The molecule has 0 saturated carbocycles. The Balaban J connectivity index is 2.53. The summed E-state index contributed by atoms with van der Waals surface area (Å²) in [7, 11) is -0.151. The van der Waals surface area contributed by atoms with E-state index in [0.717, 1.165) is 11.4 Å². The first kappa shape index (κ1) is 15.7. The fourth-order valence-electron chi connectivity index (χ4n) is 2.75. The van der Waals surface area contributed by atoms with Crippen molar-refractivity contribution in [2.24, 2.45) is 7.05 Å². The molecule has 0 fully saturated rings. The molecule has 122 valence electrons. The summed E-state index contributed by atoms with van der Waals surface area (Å²) in [5.74, 6) is -1.40. The van der Waals surface area contributed by atoms with Crippen molar-refractivity contribution in [1.82, 2.24) is 8.87 Å². The van der Waals surface area contributed by atoms with Crippen LogP contribution in [-0.4, -0.2) is 42.5 Å². The van der Waals surface area contributed by atoms with Crippen molar-refractivity contribution < 1.29 is 23.1 Å². The van der Waals surface area contributed by atoms with Gasteiger partial charge in [0.05, 0.1) is 7.11 Å². The third kappa shape index (κ3) is 1.95. The number of aryl methyl sites for hydroxylation is 1. The summed E-state index contributed by atoms with van der Waals surface area (Å²) in [6.45, 7) is 0. The topological polar surface area (TPSA) is 88.8 Å². The molecule has 1 aromatic heterocycles. The van der Waals surface area contributed by atoms with Gasteiger partial charge in [0.15, 0.2) is 11.5 Å². The molecular weight excluding hydrogens is 344 g/mol. The minimum absolute atomic E-state index is 0.0285. The van der Waals surface area contributed by atoms with Gasteiger partial charge in [-0.1, -0.05) is 11.6 Å². The number of rotatable bonds is 1. The van der Waals surface area contributed by atoms with Gasteiger partial charge in [0.25, 0.3) is 10.0 Å². The zero-order valence-electron chi connectivity index (χ0n) is 12.5. The number of nitrogens with zero attached hydrogens (tertiary/aromatic N) is 2. The average molecular weight is 357 g/mol. The number of carbonyl (C=O) groups excluding carboxylic acids is 1. The van der Waals surface area contributed by atoms with Crippen molar-refractivity contribution in [3.63, 3.8) is 0 Å². The van der Waals surface area contributed by atoms with Gasteiger partial charge in [-0.25, -0.2) is 13.2 Å². The lowest BCUT2D eigenvalue weighted by Crippen LogP contribution is -2.35. The first-order valence-corrected chi connectivity index (χ1v) is 8.32. The lowest BCUT2D eigenvalue weighted by atomic mass is 10.2. The summed E-state index contributed by atoms with van der Waals surface area (Å²) in [4.78, 5) is 11.8. The molecule has 0 radical (unpaired) electrons. The minimum Gasteiger partial charge on any atom is -0.504 e. The van der Waals surface area contributed by atoms with Crippen LogP contribution in [0.3, 0.4) is 0 Å². The number of carbonyl (C=O) groups is 1. The number of aromatic nitrogens is 1. The Hall–Kier alpha value is -2.19. The van der Waals surface area contributed by atoms with Crippen molar-refractivity contribution in [2.75, 3.05) is 14.2 Å². The highest BCUT2D eigenvalue weighted by atomic mass is 35.5. The van der Waals surface area contributed by atoms with Crippen molar-refractivity contribution in [1.29, 1.82) is 0 Å². The average Bonchev–Trinajstić information content (AvgIpc) is 2.79. The number of benzene rings is 1. The van der Waals surface area contributed by atoms with Crippen molar-refractivity contribution >= 4 is 44.3 Å². The van der Waals surface area contributed by atoms with E-state index in [2.05, 4.69) is 4.74 Å². The van der Waals surface area contributed by atoms with Crippen LogP contribution in [0.25, 0.3) is 16.7 Å². The monoisotopic (exact) mass is 356 g/mol. The van der Waals surface area contributed by atoms with E-state index in [1.807, 2.05) is 0 Å². The van der Waals surface area contributed by atoms with Crippen molar-refractivity contribution in [2.45, 2.75) is 4.90 Å². The van der Waals surface area contributed by atoms with E-state index in [0.29, 0.717) is 15.9 Å². The van der Waals surface area contributed by atoms with Gasteiger partial charge in [0.1, 0.15) is 10.6 Å². The van der Waals surface area contributed by atoms with Crippen LogP contribution in [0.15, 0.2) is 28.8 Å². The highest BCUT2D eigenvalue weighted by Crippen LogP contribution is 2.41. The largest absolute Gasteiger partial charge is 0.504 e. The normalized spacial score (nSPS) is 16.6. The molecule has 1 aromatic carbocycles. The molecular formula is C14H13ClN2O5S. The molecule has 1 aliphatic heterocycles. The summed E-state index contributed by atoms with van der Waals surface area (Å²) in [6, 6.07) is 4.78. The van der Waals surface area contributed by atoms with E-state index < -0.39 is 27.4 Å². The zero-order chi connectivity index (χ0) is 17.1. The molecule has 0 aliphatic carbocycles. The van der Waals surface area contributed by atoms with Crippen LogP contribution in [0.1, 0.15) is 5.69 Å². The van der Waals surface area contributed by atoms with E-state index in [1.54, 1.807) is 19.2 Å². The van der Waals surface area contributed by atoms with Gasteiger partial charge in [-0.05, 0) is 18.2 Å². The highest BCUT2D eigenvalue weighted by molar-refractivity contribution is 7.89. The first-order chi connectivity index (χ1) is 10.7. The number of halogens is 1. The Bertz CT molecular complexity index is 990. The maximum atomic E-state index is 12.8. The molecule has 0 spiro atoms. The summed E-state index contributed by atoms with van der Waals surface area (Å²) in [5, 5.41) is 11.2. The number of aliphatic hydroxyl groups is 1. The van der Waals surface area contributed by atoms with E-state index in [1.165, 1.54) is 17.7 Å². The third-order valence-electron chi connectivity index (χ3n) is 3.88. The van der Waals surface area contributed by atoms with Crippen LogP contribution in [0.5, 0.6) is 0 Å². The van der Waals surface area contributed by atoms with Gasteiger partial charge in [-0.2, -0.15) is 0 Å². The molecule has 1 aliphatic rings. The van der Waals surface area contributed by atoms with Gasteiger partial charge in [0, 0.05) is 30.0 Å². The van der Waals surface area contributed by atoms with Crippen LogP contribution in [0.4, 0.5) is 0 Å². The van der Waals surface area contributed by atoms with Gasteiger partial charge < -0.3 is 14.4 Å². The quantitative estimate of drug-likeness (QED) is 0.788. The number of likely N-dealkylation sites (N-methyl/N-ethyl adjacent to an activating group) is 1. The smallest absolute Gasteiger partial charge is 0.359 e. The Labute approximate surface area is 137 Å². The van der Waals surface area contributed by atoms with E-state index in [4.69, 9.17) is 11.6 Å². The second-order valence-corrected chi connectivity index (χ2v) is 7.40. The van der Waals surface area contributed by atoms with Crippen LogP contribution < -0.4 is 0 Å². The second kappa shape index (κ2) is 4.90. The number of hydrogen-bond acceptors (Lipinski definition) is 5. The first-order valence-electron chi connectivity index (χ1n) is 6.50. The van der Waals surface area contributed by atoms with Crippen LogP contribution in [0.2, 0.25) is 5.02 Å². The lowest BCUT2D eigenvalue weighted by molar-refractivity contribution is -0.137. The summed E-state index contributed by atoms with van der Waals surface area (Å²) >= 11 is 5.97. The number of aliphatic hydroxyl groups excluding tert-OH is 1. The Morgan fingerprint density at radius 2 is 1.96 bits per heavy atom. The molecule has 7 nitrogen and oxygen atoms in total. The van der Waals surface area contributed by atoms with Gasteiger partial charge >= 0.3 is 5.97 Å². The lowest BCUT2D eigenvalue weighted by Gasteiger charge is -2.26. The number of hydrogen-bond donors (Lipinski definition) is 1. The number of sulfonamides is 1. The summed E-state index contributed by atoms with van der Waals surface area (Å²) in [6.07, 6.45) is 0. The molecule has 3 rings (SSSR count). The third-order valence-corrected chi connectivity index (χ3v) is 5.94. The number of esters is 1. The van der Waals surface area contributed by atoms with E-state index in [-0.39, 0.29) is 10.6 Å². The van der Waals surface area contributed by atoms with E-state index >= 15 is 0 Å². The molecule has 1 N–H and O–H groups in total. The molecule has 2 heterocycles. The van der Waals surface area contributed by atoms with Crippen molar-refractivity contribution in [3.8, 4) is 0 Å². The van der Waals surface area contributed by atoms with Gasteiger partial charge in [-0.15, -0.1) is 0 Å². The Morgan fingerprint density at radius 3 is 2.57 bits per heavy atom. The standard InChI is InChI=1S/C14H13ClN2O5S/c1-16-9-5-4-7(15)6-8(9)13-10(16)12(18)11(14(19)22-3)17(2)23(13,20)21/h4-6,18H,1-3H3. The second-order valence-electron chi connectivity index (χ2n) is 5.06. The highest BCUT2D eigenvalue weighted by Gasteiger charge is 2.42. The molecule has 0 unspecified atom stereocenters. The predicted octanol–water partition coefficient (Wildman–Crippen LogP) is 1.87. The maximum Gasteiger partial charge on any atom is 0.359 e. The molecule has 0 bridgehead atoms. The number of fused-ring (bicyclic) bond motifs is 3. The summed E-state index contributed by atoms with van der Waals surface area (Å²) in [5.41, 5.74) is 0.159.